The van der Waals surface area contributed by atoms with Gasteiger partial charge in [0.15, 0.2) is 0 Å². The maximum absolute atomic E-state index is 13.7. The minimum atomic E-state index is -7.26. The van der Waals surface area contributed by atoms with Gasteiger partial charge in [0.05, 0.1) is 0 Å². The molecule has 0 aromatic heterocycles. The Morgan fingerprint density at radius 3 is 0.944 bits per heavy atom. The molecule has 36 heavy (non-hydrogen) atoms. The number of benzene rings is 3. The second-order valence-electron chi connectivity index (χ2n) is 8.22. The van der Waals surface area contributed by atoms with Gasteiger partial charge in [-0.25, -0.2) is 0 Å². The van der Waals surface area contributed by atoms with Crippen molar-refractivity contribution in [3.63, 3.8) is 0 Å². The van der Waals surface area contributed by atoms with E-state index in [1.54, 1.807) is 20.8 Å². The van der Waals surface area contributed by atoms with Gasteiger partial charge in [-0.05, 0) is 0 Å². The summed E-state index contributed by atoms with van der Waals surface area (Å²) in [5, 5.41) is 0. The molecule has 0 aliphatic heterocycles. The summed E-state index contributed by atoms with van der Waals surface area (Å²) in [6.07, 6.45) is -11.2. The third-order valence-corrected chi connectivity index (χ3v) is 19.0. The summed E-state index contributed by atoms with van der Waals surface area (Å²) in [5.74, 6) is -5.55. The van der Waals surface area contributed by atoms with Crippen LogP contribution >= 0.6 is 0 Å². The molecule has 0 saturated heterocycles. The van der Waals surface area contributed by atoms with Crippen molar-refractivity contribution >= 4 is 40.7 Å². The fourth-order valence-corrected chi connectivity index (χ4v) is 16.4. The standard InChI is InChI=1S/3C7H7.2C2HF3O2.Sb/c3*1-7-5-3-2-4-6-7;2*3-2(4,5)1(6)7;/h3*3-6H,1H3;2*(H,6,7);/q;;;;;+2/p-2. The Bertz CT molecular complexity index is 1120. The van der Waals surface area contributed by atoms with Crippen LogP contribution in [0.25, 0.3) is 0 Å². The van der Waals surface area contributed by atoms with Crippen molar-refractivity contribution in [2.45, 2.75) is 33.1 Å². The van der Waals surface area contributed by atoms with Gasteiger partial charge in [0.25, 0.3) is 0 Å². The van der Waals surface area contributed by atoms with Crippen LogP contribution in [0.3, 0.4) is 0 Å². The summed E-state index contributed by atoms with van der Waals surface area (Å²) in [6.45, 7) is 4.94. The predicted molar refractivity (Wildman–Crippen MR) is 122 cm³/mol. The van der Waals surface area contributed by atoms with Crippen LogP contribution in [0, 0.1) is 20.8 Å². The van der Waals surface area contributed by atoms with Crippen LogP contribution < -0.4 is 10.5 Å². The van der Waals surface area contributed by atoms with Gasteiger partial charge in [-0.2, -0.15) is 0 Å². The van der Waals surface area contributed by atoms with Gasteiger partial charge in [0, 0.05) is 0 Å². The number of rotatable bonds is 5. The normalized spacial score (nSPS) is 13.4. The van der Waals surface area contributed by atoms with E-state index in [9.17, 15) is 35.9 Å². The fraction of sp³-hybridized carbons (Fsp3) is 0.200. The van der Waals surface area contributed by atoms with Gasteiger partial charge >= 0.3 is 205 Å². The molecule has 0 aliphatic carbocycles. The van der Waals surface area contributed by atoms with Crippen LogP contribution in [0.4, 0.5) is 26.3 Å². The molecule has 0 fully saturated rings. The van der Waals surface area contributed by atoms with Gasteiger partial charge in [-0.15, -0.1) is 0 Å². The molecule has 3 aromatic rings. The molecular weight excluding hydrogens is 600 g/mol. The van der Waals surface area contributed by atoms with Crippen LogP contribution in [0.2, 0.25) is 0 Å². The average molecular weight is 621 g/mol. The van der Waals surface area contributed by atoms with Crippen molar-refractivity contribution in [2.24, 2.45) is 0 Å². The van der Waals surface area contributed by atoms with E-state index >= 15 is 0 Å². The van der Waals surface area contributed by atoms with E-state index in [1.165, 1.54) is 72.8 Å². The van der Waals surface area contributed by atoms with E-state index in [2.05, 4.69) is 0 Å². The van der Waals surface area contributed by atoms with Gasteiger partial charge in [-0.1, -0.05) is 0 Å². The van der Waals surface area contributed by atoms with Crippen LogP contribution in [-0.2, 0) is 15.6 Å². The first-order valence-corrected chi connectivity index (χ1v) is 16.4. The first-order chi connectivity index (χ1) is 16.6. The number of alkyl halides is 6. The number of aryl methyl sites for hydroxylation is 3. The van der Waals surface area contributed by atoms with Crippen molar-refractivity contribution < 1.29 is 42.0 Å². The zero-order valence-corrected chi connectivity index (χ0v) is 21.8. The Kier molecular flexibility index (Phi) is 7.25. The third kappa shape index (κ3) is 4.96. The molecule has 3 rings (SSSR count). The molecule has 0 aliphatic rings. The summed E-state index contributed by atoms with van der Waals surface area (Å²) in [6, 6.07) is 15.9. The number of carbonyl (C=O) groups excluding carboxylic acids is 2. The Morgan fingerprint density at radius 2 is 0.750 bits per heavy atom. The Balaban J connectivity index is 2.62. The van der Waals surface area contributed by atoms with E-state index < -0.39 is 42.5 Å². The molecule has 0 amide bonds. The van der Waals surface area contributed by atoms with E-state index in [4.69, 9.17) is 6.03 Å². The van der Waals surface area contributed by atoms with Crippen LogP contribution in [0.1, 0.15) is 16.7 Å². The Hall–Kier alpha value is -3.00. The SMILES string of the molecule is Cc1cc[c]([Sb]([O]C(=O)C(F)(F)F)([O]C(=O)C(F)(F)F)([c]2ccc(C)cc2)[c]2ccc(C)cc2)cc1. The Morgan fingerprint density at radius 1 is 0.528 bits per heavy atom. The van der Waals surface area contributed by atoms with Crippen LogP contribution in [0.15, 0.2) is 72.8 Å². The molecule has 0 N–H and O–H groups in total. The predicted octanol–water partition coefficient (Wildman–Crippen LogP) is 4.24. The average Bonchev–Trinajstić information content (AvgIpc) is 2.78. The summed E-state index contributed by atoms with van der Waals surface area (Å²) >= 11 is -7.26. The van der Waals surface area contributed by atoms with Crippen molar-refractivity contribution in [1.82, 2.24) is 0 Å². The summed E-state index contributed by atoms with van der Waals surface area (Å²) < 4.78 is 91.6. The molecule has 4 nitrogen and oxygen atoms in total. The van der Waals surface area contributed by atoms with E-state index in [1.807, 2.05) is 0 Å². The molecule has 192 valence electrons. The van der Waals surface area contributed by atoms with Crippen molar-refractivity contribution in [3.8, 4) is 0 Å². The molecule has 11 heteroatoms. The summed E-state index contributed by atoms with van der Waals surface area (Å²) in [5.41, 5.74) is 1.85. The number of hydrogen-bond acceptors (Lipinski definition) is 4. The first-order valence-electron chi connectivity index (χ1n) is 10.5. The summed E-state index contributed by atoms with van der Waals surface area (Å²) in [4.78, 5) is 24.9. The molecule has 0 radical (unpaired) electrons. The second kappa shape index (κ2) is 9.46. The van der Waals surface area contributed by atoms with Gasteiger partial charge < -0.3 is 0 Å². The molecule has 0 saturated carbocycles. The molecule has 0 bridgehead atoms. The molecular formula is C25H21F6O4Sb. The number of hydrogen-bond donors (Lipinski definition) is 0. The van der Waals surface area contributed by atoms with E-state index in [-0.39, 0.29) is 10.5 Å². The molecule has 0 unspecified atom stereocenters. The minimum absolute atomic E-state index is 0.267. The first kappa shape index (κ1) is 27.6. The molecule has 0 atom stereocenters. The zero-order chi connectivity index (χ0) is 27.0. The number of carbonyl (C=O) groups is 2. The van der Waals surface area contributed by atoms with Gasteiger partial charge in [0.2, 0.25) is 0 Å². The van der Waals surface area contributed by atoms with Crippen molar-refractivity contribution in [3.05, 3.63) is 89.5 Å². The number of halogens is 6. The van der Waals surface area contributed by atoms with E-state index in [0.717, 1.165) is 0 Å². The fourth-order valence-electron chi connectivity index (χ4n) is 3.65. The Labute approximate surface area is 205 Å². The van der Waals surface area contributed by atoms with Crippen molar-refractivity contribution in [1.29, 1.82) is 0 Å². The molecule has 0 heterocycles. The van der Waals surface area contributed by atoms with E-state index in [0.29, 0.717) is 16.7 Å². The van der Waals surface area contributed by atoms with Gasteiger partial charge in [0.1, 0.15) is 0 Å². The quantitative estimate of drug-likeness (QED) is 0.316. The topological polar surface area (TPSA) is 52.6 Å². The third-order valence-electron chi connectivity index (χ3n) is 5.49. The van der Waals surface area contributed by atoms with Crippen LogP contribution in [0.5, 0.6) is 0 Å². The van der Waals surface area contributed by atoms with Gasteiger partial charge in [-0.3, -0.25) is 0 Å². The molecule has 0 spiro atoms. The summed E-state index contributed by atoms with van der Waals surface area (Å²) in [7, 11) is 0. The monoisotopic (exact) mass is 620 g/mol. The van der Waals surface area contributed by atoms with Crippen molar-refractivity contribution in [2.75, 3.05) is 0 Å². The maximum atomic E-state index is 13.7. The zero-order valence-electron chi connectivity index (χ0n) is 19.3. The molecule has 3 aromatic carbocycles. The van der Waals surface area contributed by atoms with Crippen LogP contribution in [-0.4, -0.2) is 42.5 Å². The second-order valence-corrected chi connectivity index (χ2v) is 19.1.